The van der Waals surface area contributed by atoms with Gasteiger partial charge in [-0.1, -0.05) is 17.7 Å². The minimum atomic E-state index is -0.928. The number of ether oxygens (including phenoxy) is 3. The number of halogens is 1. The summed E-state index contributed by atoms with van der Waals surface area (Å²) in [6.07, 6.45) is 1.32. The Labute approximate surface area is 248 Å². The first kappa shape index (κ1) is 29.3. The van der Waals surface area contributed by atoms with E-state index in [1.807, 2.05) is 41.6 Å². The second kappa shape index (κ2) is 12.6. The molecule has 0 radical (unpaired) electrons. The lowest BCUT2D eigenvalue weighted by atomic mass is 10.1. The predicted octanol–water partition coefficient (Wildman–Crippen LogP) is 4.08. The molecule has 0 bridgehead atoms. The molecule has 11 nitrogen and oxygen atoms in total. The molecule has 0 aliphatic carbocycles. The normalized spacial score (nSPS) is 14.0. The second-order valence-corrected chi connectivity index (χ2v) is 9.90. The molecule has 210 valence electrons. The smallest absolute Gasteiger partial charge is 0.337 e. The Morgan fingerprint density at radius 1 is 1.00 bits per heavy atom. The second-order valence-electron chi connectivity index (χ2n) is 8.73. The molecule has 5 amide bonds. The van der Waals surface area contributed by atoms with Gasteiger partial charge < -0.3 is 19.5 Å². The fraction of sp³-hybridized carbons (Fsp3) is 0.138. The summed E-state index contributed by atoms with van der Waals surface area (Å²) in [7, 11) is 2.65. The minimum Gasteiger partial charge on any atom is -0.493 e. The SMILES string of the molecule is COC(=O)c1ccc(N2C(=O)NC(=O)/C(=C\c3cc(I)c(OCC(=O)Nc4ccc(C)cc4)c(OC)c3)C2=O)cc1. The number of hydrogen-bond acceptors (Lipinski definition) is 8. The lowest BCUT2D eigenvalue weighted by Crippen LogP contribution is -2.54. The van der Waals surface area contributed by atoms with Crippen LogP contribution in [-0.4, -0.2) is 50.5 Å². The highest BCUT2D eigenvalue weighted by atomic mass is 127. The zero-order valence-corrected chi connectivity index (χ0v) is 24.3. The number of anilines is 2. The summed E-state index contributed by atoms with van der Waals surface area (Å²) in [5.74, 6) is -2.11. The highest BCUT2D eigenvalue weighted by Crippen LogP contribution is 2.35. The van der Waals surface area contributed by atoms with Crippen molar-refractivity contribution in [3.05, 3.63) is 86.5 Å². The molecule has 0 unspecified atom stereocenters. The maximum atomic E-state index is 13.3. The molecule has 0 spiro atoms. The largest absolute Gasteiger partial charge is 0.493 e. The van der Waals surface area contributed by atoms with Gasteiger partial charge in [0.2, 0.25) is 0 Å². The van der Waals surface area contributed by atoms with Crippen molar-refractivity contribution >= 4 is 69.8 Å². The minimum absolute atomic E-state index is 0.151. The van der Waals surface area contributed by atoms with Crippen molar-refractivity contribution in [2.75, 3.05) is 31.0 Å². The van der Waals surface area contributed by atoms with E-state index in [1.54, 1.807) is 18.2 Å². The lowest BCUT2D eigenvalue weighted by Gasteiger charge is -2.26. The molecule has 2 N–H and O–H groups in total. The summed E-state index contributed by atoms with van der Waals surface area (Å²) in [6.45, 7) is 1.66. The van der Waals surface area contributed by atoms with Gasteiger partial charge in [0.15, 0.2) is 18.1 Å². The first-order chi connectivity index (χ1) is 19.6. The third kappa shape index (κ3) is 6.72. The molecule has 1 aliphatic rings. The van der Waals surface area contributed by atoms with Crippen molar-refractivity contribution in [2.24, 2.45) is 0 Å². The average molecular weight is 669 g/mol. The van der Waals surface area contributed by atoms with E-state index in [2.05, 4.69) is 15.4 Å². The first-order valence-electron chi connectivity index (χ1n) is 12.1. The van der Waals surface area contributed by atoms with Crippen LogP contribution >= 0.6 is 22.6 Å². The van der Waals surface area contributed by atoms with Crippen LogP contribution in [0.1, 0.15) is 21.5 Å². The van der Waals surface area contributed by atoms with Gasteiger partial charge in [-0.15, -0.1) is 0 Å². The third-order valence-electron chi connectivity index (χ3n) is 5.89. The van der Waals surface area contributed by atoms with Crippen molar-refractivity contribution in [1.82, 2.24) is 5.32 Å². The quantitative estimate of drug-likeness (QED) is 0.158. The van der Waals surface area contributed by atoms with Gasteiger partial charge in [-0.3, -0.25) is 19.7 Å². The summed E-state index contributed by atoms with van der Waals surface area (Å²) in [5.41, 5.74) is 2.19. The van der Waals surface area contributed by atoms with Crippen LogP contribution in [-0.2, 0) is 19.1 Å². The molecule has 1 heterocycles. The number of nitrogens with zero attached hydrogens (tertiary/aromatic N) is 1. The summed E-state index contributed by atoms with van der Waals surface area (Å²) >= 11 is 1.99. The average Bonchev–Trinajstić information content (AvgIpc) is 2.95. The molecule has 3 aromatic rings. The van der Waals surface area contributed by atoms with Crippen molar-refractivity contribution in [3.63, 3.8) is 0 Å². The monoisotopic (exact) mass is 669 g/mol. The topological polar surface area (TPSA) is 140 Å². The van der Waals surface area contributed by atoms with E-state index in [0.29, 0.717) is 20.6 Å². The van der Waals surface area contributed by atoms with Crippen molar-refractivity contribution in [3.8, 4) is 11.5 Å². The summed E-state index contributed by atoms with van der Waals surface area (Å²) in [4.78, 5) is 63.3. The summed E-state index contributed by atoms with van der Waals surface area (Å²) < 4.78 is 16.4. The van der Waals surface area contributed by atoms with Crippen LogP contribution in [0, 0.1) is 10.5 Å². The molecule has 1 aliphatic heterocycles. The number of methoxy groups -OCH3 is 2. The molecule has 3 aromatic carbocycles. The van der Waals surface area contributed by atoms with E-state index in [9.17, 15) is 24.0 Å². The van der Waals surface area contributed by atoms with E-state index in [-0.39, 0.29) is 35.1 Å². The Morgan fingerprint density at radius 3 is 2.32 bits per heavy atom. The van der Waals surface area contributed by atoms with Gasteiger partial charge >= 0.3 is 12.0 Å². The van der Waals surface area contributed by atoms with E-state index < -0.39 is 23.8 Å². The molecule has 41 heavy (non-hydrogen) atoms. The van der Waals surface area contributed by atoms with Crippen LogP contribution in [0.5, 0.6) is 11.5 Å². The molecular formula is C29H24IN3O8. The molecule has 1 saturated heterocycles. The lowest BCUT2D eigenvalue weighted by molar-refractivity contribution is -0.122. The number of carbonyl (C=O) groups is 5. The van der Waals surface area contributed by atoms with Crippen molar-refractivity contribution in [1.29, 1.82) is 0 Å². The van der Waals surface area contributed by atoms with Gasteiger partial charge in [0.1, 0.15) is 5.57 Å². The van der Waals surface area contributed by atoms with Crippen LogP contribution in [0.15, 0.2) is 66.2 Å². The number of carbonyl (C=O) groups excluding carboxylic acids is 5. The Morgan fingerprint density at radius 2 is 1.68 bits per heavy atom. The highest BCUT2D eigenvalue weighted by Gasteiger charge is 2.37. The zero-order chi connectivity index (χ0) is 29.7. The van der Waals surface area contributed by atoms with Gasteiger partial charge in [-0.05, 0) is 89.7 Å². The Balaban J connectivity index is 1.54. The van der Waals surface area contributed by atoms with Gasteiger partial charge in [0.05, 0.1) is 29.0 Å². The highest BCUT2D eigenvalue weighted by molar-refractivity contribution is 14.1. The molecule has 0 saturated carbocycles. The molecule has 0 aromatic heterocycles. The van der Waals surface area contributed by atoms with Crippen molar-refractivity contribution in [2.45, 2.75) is 6.92 Å². The third-order valence-corrected chi connectivity index (χ3v) is 6.70. The molecule has 12 heteroatoms. The van der Waals surface area contributed by atoms with E-state index in [1.165, 1.54) is 50.6 Å². The Kier molecular flexibility index (Phi) is 9.02. The van der Waals surface area contributed by atoms with Crippen LogP contribution in [0.2, 0.25) is 0 Å². The van der Waals surface area contributed by atoms with Crippen molar-refractivity contribution < 1.29 is 38.2 Å². The summed E-state index contributed by atoms with van der Waals surface area (Å²) in [5, 5.41) is 4.90. The number of imide groups is 2. The van der Waals surface area contributed by atoms with Crippen LogP contribution < -0.4 is 25.0 Å². The van der Waals surface area contributed by atoms with E-state index >= 15 is 0 Å². The van der Waals surface area contributed by atoms with Gasteiger partial charge in [-0.2, -0.15) is 0 Å². The predicted molar refractivity (Wildman–Crippen MR) is 158 cm³/mol. The Hall–Kier alpha value is -4.72. The van der Waals surface area contributed by atoms with Gasteiger partial charge in [0.25, 0.3) is 17.7 Å². The fourth-order valence-electron chi connectivity index (χ4n) is 3.86. The standard InChI is InChI=1S/C29H24IN3O8/c1-16-4-8-19(9-5-16)31-24(34)15-41-25-22(30)13-17(14-23(25)39-2)12-21-26(35)32-29(38)33(27(21)36)20-10-6-18(7-11-20)28(37)40-3/h4-14H,15H2,1-3H3,(H,31,34)(H,32,35,38)/b21-12+. The van der Waals surface area contributed by atoms with Crippen LogP contribution in [0.4, 0.5) is 16.2 Å². The number of aryl methyl sites for hydroxylation is 1. The zero-order valence-electron chi connectivity index (χ0n) is 22.1. The van der Waals surface area contributed by atoms with Gasteiger partial charge in [0, 0.05) is 5.69 Å². The fourth-order valence-corrected chi connectivity index (χ4v) is 4.64. The summed E-state index contributed by atoms with van der Waals surface area (Å²) in [6, 6.07) is 15.2. The van der Waals surface area contributed by atoms with E-state index in [0.717, 1.165) is 10.5 Å². The number of urea groups is 1. The number of nitrogens with one attached hydrogen (secondary N) is 2. The Bertz CT molecular complexity index is 1570. The number of esters is 1. The van der Waals surface area contributed by atoms with Gasteiger partial charge in [-0.25, -0.2) is 14.5 Å². The first-order valence-corrected chi connectivity index (χ1v) is 13.2. The molecule has 4 rings (SSSR count). The number of barbiturate groups is 1. The molecule has 1 fully saturated rings. The van der Waals surface area contributed by atoms with Crippen LogP contribution in [0.3, 0.4) is 0 Å². The maximum Gasteiger partial charge on any atom is 0.337 e. The molecule has 0 atom stereocenters. The number of rotatable bonds is 8. The number of hydrogen-bond donors (Lipinski definition) is 2. The number of amides is 5. The molecular weight excluding hydrogens is 645 g/mol. The van der Waals surface area contributed by atoms with Crippen LogP contribution in [0.25, 0.3) is 6.08 Å². The maximum absolute atomic E-state index is 13.3. The number of benzene rings is 3. The van der Waals surface area contributed by atoms with E-state index in [4.69, 9.17) is 9.47 Å².